The molecule has 4 N–H and O–H groups in total. The second kappa shape index (κ2) is 11.6. The third-order valence-electron chi connectivity index (χ3n) is 5.47. The molecule has 1 heterocycles. The molecule has 0 saturated carbocycles. The summed E-state index contributed by atoms with van der Waals surface area (Å²) < 4.78 is 16.9. The third kappa shape index (κ3) is 5.62. The Hall–Kier alpha value is -3.00. The predicted octanol–water partition coefficient (Wildman–Crippen LogP) is 1.39. The fourth-order valence-corrected chi connectivity index (χ4v) is 3.97. The Balaban J connectivity index is 0.000000352. The number of rotatable bonds is 6. The first-order valence-corrected chi connectivity index (χ1v) is 10.7. The van der Waals surface area contributed by atoms with Crippen molar-refractivity contribution in [2.24, 2.45) is 5.73 Å². The van der Waals surface area contributed by atoms with Crippen LogP contribution in [0.3, 0.4) is 0 Å². The van der Waals surface area contributed by atoms with Crippen LogP contribution in [0.15, 0.2) is 72.8 Å². The van der Waals surface area contributed by atoms with Crippen molar-refractivity contribution >= 4 is 23.1 Å². The Morgan fingerprint density at radius 3 is 1.31 bits per heavy atom. The molecule has 6 nitrogen and oxygen atoms in total. The van der Waals surface area contributed by atoms with Gasteiger partial charge in [0, 0.05) is 6.04 Å². The highest BCUT2D eigenvalue weighted by molar-refractivity contribution is 6.97. The highest BCUT2D eigenvalue weighted by Gasteiger charge is 2.29. The molecule has 0 aliphatic carbocycles. The molecule has 1 aliphatic rings. The van der Waals surface area contributed by atoms with Crippen molar-refractivity contribution in [2.45, 2.75) is 25.6 Å². The molecule has 2 atom stereocenters. The molecule has 0 aromatic heterocycles. The lowest BCUT2D eigenvalue weighted by atomic mass is 9.36. The largest absolute Gasteiger partial charge is 0.497 e. The first-order chi connectivity index (χ1) is 15.6. The van der Waals surface area contributed by atoms with Crippen LogP contribution in [0.1, 0.15) is 13.3 Å². The summed E-state index contributed by atoms with van der Waals surface area (Å²) in [5.41, 5.74) is 14.5. The highest BCUT2D eigenvalue weighted by atomic mass is 16.5. The van der Waals surface area contributed by atoms with E-state index in [4.69, 9.17) is 19.9 Å². The van der Waals surface area contributed by atoms with Gasteiger partial charge in [-0.2, -0.15) is 0 Å². The fourth-order valence-electron chi connectivity index (χ4n) is 3.97. The molecule has 0 amide bonds. The second-order valence-electron chi connectivity index (χ2n) is 7.69. The quantitative estimate of drug-likeness (QED) is 0.510. The molecule has 1 fully saturated rings. The molecule has 0 spiro atoms. The van der Waals surface area contributed by atoms with Crippen LogP contribution < -0.4 is 47.2 Å². The smallest absolute Gasteiger partial charge is 0.255 e. The molecular formula is C25H32BN3O3. The Kier molecular flexibility index (Phi) is 8.56. The fraction of sp³-hybridized carbons (Fsp3) is 0.280. The highest BCUT2D eigenvalue weighted by Crippen LogP contribution is 2.16. The standard InChI is InChI=1S/C21H21BO3.C4H11N3/c1-23-19-13-7-4-10-16(19)22(17-11-5-8-14-20(17)24-2)18-12-6-9-15-21(18)25-3;1-3-2-4(5)7-6-3/h4-15H,1-3H3;3-4,6-7H,2,5H2,1H3. The van der Waals surface area contributed by atoms with Crippen molar-refractivity contribution in [1.82, 2.24) is 10.9 Å². The number of hydrogen-bond acceptors (Lipinski definition) is 6. The van der Waals surface area contributed by atoms with Gasteiger partial charge in [-0.3, -0.25) is 5.43 Å². The van der Waals surface area contributed by atoms with Crippen LogP contribution in [-0.4, -0.2) is 40.2 Å². The normalized spacial score (nSPS) is 17.2. The van der Waals surface area contributed by atoms with Gasteiger partial charge < -0.3 is 19.9 Å². The van der Waals surface area contributed by atoms with E-state index in [1.165, 1.54) is 0 Å². The van der Waals surface area contributed by atoms with E-state index in [9.17, 15) is 0 Å². The van der Waals surface area contributed by atoms with Crippen LogP contribution in [-0.2, 0) is 0 Å². The topological polar surface area (TPSA) is 77.8 Å². The number of para-hydroxylation sites is 3. The summed E-state index contributed by atoms with van der Waals surface area (Å²) in [5, 5.41) is 0. The van der Waals surface area contributed by atoms with E-state index in [-0.39, 0.29) is 12.9 Å². The number of benzene rings is 3. The lowest BCUT2D eigenvalue weighted by Crippen LogP contribution is -2.53. The number of hydrogen-bond donors (Lipinski definition) is 3. The summed E-state index contributed by atoms with van der Waals surface area (Å²) in [6.45, 7) is 2.03. The van der Waals surface area contributed by atoms with Crippen molar-refractivity contribution < 1.29 is 14.2 Å². The summed E-state index contributed by atoms with van der Waals surface area (Å²) in [5.74, 6) is 2.51. The molecule has 7 heteroatoms. The average Bonchev–Trinajstić information content (AvgIpc) is 3.23. The van der Waals surface area contributed by atoms with Crippen LogP contribution >= 0.6 is 0 Å². The van der Waals surface area contributed by atoms with E-state index in [1.54, 1.807) is 21.3 Å². The Morgan fingerprint density at radius 2 is 1.06 bits per heavy atom. The Morgan fingerprint density at radius 1 is 0.688 bits per heavy atom. The lowest BCUT2D eigenvalue weighted by molar-refractivity contribution is 0.416. The summed E-state index contributed by atoms with van der Waals surface area (Å²) in [6.07, 6.45) is 1.19. The number of hydrazine groups is 1. The lowest BCUT2D eigenvalue weighted by Gasteiger charge is -2.22. The molecule has 3 aromatic rings. The Bertz CT molecular complexity index is 880. The predicted molar refractivity (Wildman–Crippen MR) is 132 cm³/mol. The second-order valence-corrected chi connectivity index (χ2v) is 7.69. The first kappa shape index (κ1) is 23.7. The molecule has 0 bridgehead atoms. The summed E-state index contributed by atoms with van der Waals surface area (Å²) >= 11 is 0. The maximum atomic E-state index is 5.63. The van der Waals surface area contributed by atoms with E-state index in [0.717, 1.165) is 40.1 Å². The van der Waals surface area contributed by atoms with Gasteiger partial charge in [0.25, 0.3) is 6.71 Å². The maximum Gasteiger partial charge on any atom is 0.255 e. The number of nitrogens with one attached hydrogen (secondary N) is 2. The number of nitrogens with two attached hydrogens (primary N) is 1. The van der Waals surface area contributed by atoms with Crippen LogP contribution in [0, 0.1) is 0 Å². The molecular weight excluding hydrogens is 401 g/mol. The Labute approximate surface area is 191 Å². The molecule has 168 valence electrons. The molecule has 1 aliphatic heterocycles. The van der Waals surface area contributed by atoms with Gasteiger partial charge in [-0.25, -0.2) is 5.43 Å². The summed E-state index contributed by atoms with van der Waals surface area (Å²) in [7, 11) is 5.08. The van der Waals surface area contributed by atoms with Gasteiger partial charge in [0.1, 0.15) is 17.2 Å². The molecule has 2 unspecified atom stereocenters. The van der Waals surface area contributed by atoms with Crippen molar-refractivity contribution in [3.05, 3.63) is 72.8 Å². The van der Waals surface area contributed by atoms with E-state index >= 15 is 0 Å². The molecule has 3 aromatic carbocycles. The van der Waals surface area contributed by atoms with Crippen molar-refractivity contribution in [3.63, 3.8) is 0 Å². The van der Waals surface area contributed by atoms with Crippen LogP contribution in [0.2, 0.25) is 0 Å². The zero-order chi connectivity index (χ0) is 22.9. The van der Waals surface area contributed by atoms with E-state index in [1.807, 2.05) is 54.6 Å². The number of methoxy groups -OCH3 is 3. The van der Waals surface area contributed by atoms with E-state index in [0.29, 0.717) is 6.04 Å². The SMILES string of the molecule is CC1CC(N)NN1.COc1ccccc1B(c1ccccc1OC)c1ccccc1OC. The zero-order valence-corrected chi connectivity index (χ0v) is 19.2. The average molecular weight is 433 g/mol. The minimum absolute atomic E-state index is 0.0663. The van der Waals surface area contributed by atoms with Crippen LogP contribution in [0.5, 0.6) is 17.2 Å². The summed E-state index contributed by atoms with van der Waals surface area (Å²) in [4.78, 5) is 0. The first-order valence-electron chi connectivity index (χ1n) is 10.7. The minimum atomic E-state index is -0.0663. The molecule has 4 rings (SSSR count). The van der Waals surface area contributed by atoms with Crippen LogP contribution in [0.25, 0.3) is 0 Å². The number of ether oxygens (including phenoxy) is 3. The van der Waals surface area contributed by atoms with Crippen molar-refractivity contribution in [2.75, 3.05) is 21.3 Å². The maximum absolute atomic E-state index is 5.63. The van der Waals surface area contributed by atoms with Gasteiger partial charge >= 0.3 is 0 Å². The van der Waals surface area contributed by atoms with Gasteiger partial charge in [-0.15, -0.1) is 0 Å². The van der Waals surface area contributed by atoms with Gasteiger partial charge in [-0.1, -0.05) is 54.6 Å². The van der Waals surface area contributed by atoms with Gasteiger partial charge in [0.05, 0.1) is 27.5 Å². The van der Waals surface area contributed by atoms with E-state index in [2.05, 4.69) is 36.0 Å². The van der Waals surface area contributed by atoms with Crippen LogP contribution in [0.4, 0.5) is 0 Å². The van der Waals surface area contributed by atoms with Gasteiger partial charge in [0.2, 0.25) is 0 Å². The minimum Gasteiger partial charge on any atom is -0.497 e. The van der Waals surface area contributed by atoms with Gasteiger partial charge in [-0.05, 0) is 47.9 Å². The van der Waals surface area contributed by atoms with Gasteiger partial charge in [0.15, 0.2) is 0 Å². The summed E-state index contributed by atoms with van der Waals surface area (Å²) in [6, 6.07) is 24.7. The van der Waals surface area contributed by atoms with E-state index < -0.39 is 0 Å². The molecule has 0 radical (unpaired) electrons. The monoisotopic (exact) mass is 433 g/mol. The zero-order valence-electron chi connectivity index (χ0n) is 19.2. The molecule has 32 heavy (non-hydrogen) atoms. The van der Waals surface area contributed by atoms with Crippen molar-refractivity contribution in [1.29, 1.82) is 0 Å². The van der Waals surface area contributed by atoms with Crippen molar-refractivity contribution in [3.8, 4) is 17.2 Å². The third-order valence-corrected chi connectivity index (χ3v) is 5.47. The molecule has 1 saturated heterocycles.